The van der Waals surface area contributed by atoms with Crippen molar-refractivity contribution in [3.05, 3.63) is 75.4 Å². The van der Waals surface area contributed by atoms with Gasteiger partial charge in [0.15, 0.2) is 5.16 Å². The number of aromatic amines is 1. The second-order valence-electron chi connectivity index (χ2n) is 8.31. The highest BCUT2D eigenvalue weighted by atomic mass is 32.2. The molecular formula is C26H27N3O2S2. The summed E-state index contributed by atoms with van der Waals surface area (Å²) in [5.74, 6) is 0.209. The molecule has 1 amide bonds. The Kier molecular flexibility index (Phi) is 7.00. The number of aryl methyl sites for hydroxylation is 1. The van der Waals surface area contributed by atoms with Crippen molar-refractivity contribution >= 4 is 44.9 Å². The summed E-state index contributed by atoms with van der Waals surface area (Å²) >= 11 is 2.74. The summed E-state index contributed by atoms with van der Waals surface area (Å²) in [4.78, 5) is 34.2. The van der Waals surface area contributed by atoms with Gasteiger partial charge in [-0.15, -0.1) is 11.3 Å². The number of rotatable bonds is 7. The van der Waals surface area contributed by atoms with E-state index in [1.807, 2.05) is 67.8 Å². The van der Waals surface area contributed by atoms with Crippen LogP contribution in [0.3, 0.4) is 0 Å². The van der Waals surface area contributed by atoms with Crippen molar-refractivity contribution < 1.29 is 4.79 Å². The van der Waals surface area contributed by atoms with E-state index in [1.165, 1.54) is 28.7 Å². The van der Waals surface area contributed by atoms with E-state index in [2.05, 4.69) is 29.1 Å². The van der Waals surface area contributed by atoms with Gasteiger partial charge < -0.3 is 10.3 Å². The summed E-state index contributed by atoms with van der Waals surface area (Å²) in [6.07, 6.45) is 0.612. The van der Waals surface area contributed by atoms with Gasteiger partial charge in [-0.3, -0.25) is 9.59 Å². The van der Waals surface area contributed by atoms with Crippen LogP contribution in [0, 0.1) is 6.92 Å². The Bertz CT molecular complexity index is 1340. The summed E-state index contributed by atoms with van der Waals surface area (Å²) in [6, 6.07) is 16.0. The third-order valence-electron chi connectivity index (χ3n) is 5.54. The summed E-state index contributed by atoms with van der Waals surface area (Å²) in [5.41, 5.74) is 4.79. The highest BCUT2D eigenvalue weighted by Crippen LogP contribution is 2.33. The molecule has 4 rings (SSSR count). The molecule has 0 saturated carbocycles. The maximum Gasteiger partial charge on any atom is 0.260 e. The number of aromatic nitrogens is 2. The van der Waals surface area contributed by atoms with Crippen molar-refractivity contribution in [2.24, 2.45) is 0 Å². The van der Waals surface area contributed by atoms with Crippen LogP contribution in [0.5, 0.6) is 0 Å². The topological polar surface area (TPSA) is 74.8 Å². The number of benzene rings is 2. The van der Waals surface area contributed by atoms with Crippen molar-refractivity contribution in [3.8, 4) is 11.1 Å². The molecule has 0 aliphatic rings. The number of fused-ring (bicyclic) bond motifs is 1. The number of hydrogen-bond donors (Lipinski definition) is 2. The van der Waals surface area contributed by atoms with E-state index < -0.39 is 0 Å². The van der Waals surface area contributed by atoms with Crippen LogP contribution in [0.2, 0.25) is 0 Å². The summed E-state index contributed by atoms with van der Waals surface area (Å²) in [5, 5.41) is 5.72. The lowest BCUT2D eigenvalue weighted by Gasteiger charge is -2.17. The molecule has 0 aliphatic carbocycles. The summed E-state index contributed by atoms with van der Waals surface area (Å²) in [6.45, 7) is 8.21. The number of carbonyl (C=O) groups excluding carboxylic acids is 1. The monoisotopic (exact) mass is 477 g/mol. The van der Waals surface area contributed by atoms with Crippen LogP contribution >= 0.6 is 23.1 Å². The molecule has 33 heavy (non-hydrogen) atoms. The number of hydrogen-bond acceptors (Lipinski definition) is 5. The number of thiophene rings is 1. The van der Waals surface area contributed by atoms with Gasteiger partial charge in [-0.05, 0) is 36.5 Å². The predicted molar refractivity (Wildman–Crippen MR) is 140 cm³/mol. The molecule has 1 atom stereocenters. The first kappa shape index (κ1) is 23.3. The number of anilines is 1. The van der Waals surface area contributed by atoms with Crippen molar-refractivity contribution in [2.75, 3.05) is 5.32 Å². The number of carbonyl (C=O) groups is 1. The van der Waals surface area contributed by atoms with E-state index in [0.29, 0.717) is 27.7 Å². The van der Waals surface area contributed by atoms with Crippen molar-refractivity contribution in [2.45, 2.75) is 50.4 Å². The first-order chi connectivity index (χ1) is 15.9. The molecule has 170 valence electrons. The zero-order chi connectivity index (χ0) is 23.5. The molecule has 2 aromatic carbocycles. The number of H-pyrrole nitrogens is 1. The number of amides is 1. The van der Waals surface area contributed by atoms with Crippen LogP contribution in [0.1, 0.15) is 44.2 Å². The average molecular weight is 478 g/mol. The predicted octanol–water partition coefficient (Wildman–Crippen LogP) is 6.59. The van der Waals surface area contributed by atoms with Gasteiger partial charge >= 0.3 is 0 Å². The Morgan fingerprint density at radius 3 is 2.58 bits per heavy atom. The van der Waals surface area contributed by atoms with E-state index in [4.69, 9.17) is 0 Å². The number of para-hydroxylation sites is 1. The zero-order valence-corrected chi connectivity index (χ0v) is 20.8. The van der Waals surface area contributed by atoms with Crippen LogP contribution in [0.15, 0.2) is 63.9 Å². The Balaban J connectivity index is 1.58. The quantitative estimate of drug-likeness (QED) is 0.232. The Hall–Kier alpha value is -2.90. The van der Waals surface area contributed by atoms with Gasteiger partial charge in [0.25, 0.3) is 5.56 Å². The molecule has 2 N–H and O–H groups in total. The molecule has 0 spiro atoms. The summed E-state index contributed by atoms with van der Waals surface area (Å²) < 4.78 is 0. The highest BCUT2D eigenvalue weighted by Gasteiger charge is 2.22. The van der Waals surface area contributed by atoms with Gasteiger partial charge in [0.1, 0.15) is 4.83 Å². The molecule has 2 aromatic heterocycles. The van der Waals surface area contributed by atoms with Gasteiger partial charge in [-0.25, -0.2) is 4.98 Å². The van der Waals surface area contributed by atoms with Crippen LogP contribution in [0.25, 0.3) is 21.3 Å². The minimum absolute atomic E-state index is 0.0927. The number of thioether (sulfide) groups is 1. The van der Waals surface area contributed by atoms with Crippen molar-refractivity contribution in [1.82, 2.24) is 9.97 Å². The molecule has 0 saturated heterocycles. The highest BCUT2D eigenvalue weighted by molar-refractivity contribution is 8.00. The molecule has 1 unspecified atom stereocenters. The molecule has 0 aliphatic heterocycles. The minimum atomic E-state index is -0.373. The van der Waals surface area contributed by atoms with Crippen LogP contribution < -0.4 is 10.9 Å². The van der Waals surface area contributed by atoms with Crippen molar-refractivity contribution in [1.29, 1.82) is 0 Å². The third-order valence-corrected chi connectivity index (χ3v) is 7.66. The number of nitrogens with one attached hydrogen (secondary N) is 2. The van der Waals surface area contributed by atoms with Crippen LogP contribution in [0.4, 0.5) is 5.69 Å². The van der Waals surface area contributed by atoms with E-state index in [-0.39, 0.29) is 16.7 Å². The molecule has 0 bridgehead atoms. The van der Waals surface area contributed by atoms with Gasteiger partial charge in [-0.2, -0.15) is 0 Å². The van der Waals surface area contributed by atoms with E-state index in [1.54, 1.807) is 0 Å². The Morgan fingerprint density at radius 2 is 1.88 bits per heavy atom. The Labute approximate surface area is 201 Å². The van der Waals surface area contributed by atoms with Gasteiger partial charge in [0.2, 0.25) is 5.91 Å². The molecule has 7 heteroatoms. The fraction of sp³-hybridized carbons (Fsp3) is 0.269. The largest absolute Gasteiger partial charge is 0.325 e. The smallest absolute Gasteiger partial charge is 0.260 e. The first-order valence-corrected chi connectivity index (χ1v) is 12.8. The lowest BCUT2D eigenvalue weighted by Crippen LogP contribution is -2.26. The SMILES string of the molecule is CCC(Sc1nc2scc(-c3ccc(C)cc3)c2c(=O)[nH]1)C(=O)Nc1ccccc1C(C)C. The van der Waals surface area contributed by atoms with E-state index >= 15 is 0 Å². The fourth-order valence-electron chi connectivity index (χ4n) is 3.72. The fourth-order valence-corrected chi connectivity index (χ4v) is 5.62. The lowest BCUT2D eigenvalue weighted by molar-refractivity contribution is -0.115. The molecule has 5 nitrogen and oxygen atoms in total. The maximum atomic E-state index is 13.0. The molecule has 0 fully saturated rings. The maximum absolute atomic E-state index is 13.0. The third kappa shape index (κ3) is 5.04. The van der Waals surface area contributed by atoms with Crippen LogP contribution in [-0.4, -0.2) is 21.1 Å². The molecular weight excluding hydrogens is 450 g/mol. The van der Waals surface area contributed by atoms with Gasteiger partial charge in [-0.1, -0.05) is 80.6 Å². The van der Waals surface area contributed by atoms with E-state index in [0.717, 1.165) is 22.4 Å². The van der Waals surface area contributed by atoms with Gasteiger partial charge in [0, 0.05) is 16.6 Å². The second kappa shape index (κ2) is 9.93. The normalized spacial score (nSPS) is 12.3. The van der Waals surface area contributed by atoms with Crippen LogP contribution in [-0.2, 0) is 4.79 Å². The van der Waals surface area contributed by atoms with Crippen molar-refractivity contribution in [3.63, 3.8) is 0 Å². The van der Waals surface area contributed by atoms with E-state index in [9.17, 15) is 9.59 Å². The first-order valence-electron chi connectivity index (χ1n) is 11.0. The molecule has 4 aromatic rings. The minimum Gasteiger partial charge on any atom is -0.325 e. The molecule has 2 heterocycles. The standard InChI is InChI=1S/C26H27N3O2S2/c1-5-21(23(30)27-20-9-7-6-8-18(20)15(2)3)33-26-28-24(31)22-19(14-32-25(22)29-26)17-12-10-16(4)11-13-17/h6-15,21H,5H2,1-4H3,(H,27,30)(H,28,29,31). The number of nitrogens with zero attached hydrogens (tertiary/aromatic N) is 1. The Morgan fingerprint density at radius 1 is 1.15 bits per heavy atom. The second-order valence-corrected chi connectivity index (χ2v) is 10.4. The van der Waals surface area contributed by atoms with Gasteiger partial charge in [0.05, 0.1) is 10.6 Å². The molecule has 0 radical (unpaired) electrons. The average Bonchev–Trinajstić information content (AvgIpc) is 3.22. The zero-order valence-electron chi connectivity index (χ0n) is 19.1. The summed E-state index contributed by atoms with van der Waals surface area (Å²) in [7, 11) is 0. The lowest BCUT2D eigenvalue weighted by atomic mass is 10.0.